The van der Waals surface area contributed by atoms with Crippen molar-refractivity contribution in [3.05, 3.63) is 53.9 Å². The van der Waals surface area contributed by atoms with E-state index >= 15 is 0 Å². The molecule has 2 amide bonds. The van der Waals surface area contributed by atoms with Crippen LogP contribution in [-0.2, 0) is 19.6 Å². The van der Waals surface area contributed by atoms with Gasteiger partial charge in [-0.25, -0.2) is 8.42 Å². The molecule has 4 rings (SSSR count). The van der Waals surface area contributed by atoms with Gasteiger partial charge in [0.2, 0.25) is 11.7 Å². The second kappa shape index (κ2) is 9.61. The number of rotatable bonds is 6. The molecule has 0 unspecified atom stereocenters. The summed E-state index contributed by atoms with van der Waals surface area (Å²) in [7, 11) is -3.95. The van der Waals surface area contributed by atoms with Crippen LogP contribution in [0.2, 0.25) is 0 Å². The van der Waals surface area contributed by atoms with Gasteiger partial charge in [0.05, 0.1) is 18.1 Å². The molecular weight excluding hydrogens is 462 g/mol. The number of morpholine rings is 1. The summed E-state index contributed by atoms with van der Waals surface area (Å²) < 4.78 is 39.0. The first kappa shape index (κ1) is 23.4. The second-order valence-electron chi connectivity index (χ2n) is 7.67. The van der Waals surface area contributed by atoms with Gasteiger partial charge in [-0.3, -0.25) is 14.3 Å². The zero-order chi connectivity index (χ0) is 24.3. The summed E-state index contributed by atoms with van der Waals surface area (Å²) in [5, 5.41) is 6.48. The van der Waals surface area contributed by atoms with Gasteiger partial charge in [0.1, 0.15) is 0 Å². The van der Waals surface area contributed by atoms with Gasteiger partial charge in [-0.2, -0.15) is 4.98 Å². The van der Waals surface area contributed by atoms with Crippen LogP contribution in [-0.4, -0.2) is 61.6 Å². The summed E-state index contributed by atoms with van der Waals surface area (Å²) in [6, 6.07) is 11.0. The number of hydrogen-bond acceptors (Lipinski definition) is 8. The third kappa shape index (κ3) is 5.24. The fourth-order valence-electron chi connectivity index (χ4n) is 3.39. The van der Waals surface area contributed by atoms with E-state index in [4.69, 9.17) is 9.26 Å². The Morgan fingerprint density at radius 3 is 2.38 bits per heavy atom. The molecule has 0 spiro atoms. The van der Waals surface area contributed by atoms with Gasteiger partial charge >= 0.3 is 11.8 Å². The minimum absolute atomic E-state index is 0.0294. The molecule has 0 saturated carbocycles. The number of amides is 2. The highest BCUT2D eigenvalue weighted by atomic mass is 32.2. The number of anilines is 2. The fraction of sp³-hybridized carbons (Fsp3) is 0.273. The maximum Gasteiger partial charge on any atom is 0.316 e. The van der Waals surface area contributed by atoms with Gasteiger partial charge in [0, 0.05) is 37.0 Å². The van der Waals surface area contributed by atoms with Crippen LogP contribution < -0.4 is 10.0 Å². The zero-order valence-electron chi connectivity index (χ0n) is 18.6. The van der Waals surface area contributed by atoms with Crippen molar-refractivity contribution in [2.45, 2.75) is 18.7 Å². The Morgan fingerprint density at radius 2 is 1.71 bits per heavy atom. The Balaban J connectivity index is 1.55. The van der Waals surface area contributed by atoms with E-state index in [1.54, 1.807) is 48.2 Å². The number of carbonyl (C=O) groups is 2. The molecule has 34 heavy (non-hydrogen) atoms. The van der Waals surface area contributed by atoms with E-state index in [-0.39, 0.29) is 22.5 Å². The summed E-state index contributed by atoms with van der Waals surface area (Å²) in [5.41, 5.74) is 1.78. The molecule has 1 aliphatic heterocycles. The lowest BCUT2D eigenvalue weighted by atomic mass is 10.1. The van der Waals surface area contributed by atoms with Gasteiger partial charge in [-0.1, -0.05) is 17.3 Å². The predicted octanol–water partition coefficient (Wildman–Crippen LogP) is 2.28. The maximum atomic E-state index is 13.1. The number of sulfonamides is 1. The Morgan fingerprint density at radius 1 is 1.03 bits per heavy atom. The first-order chi connectivity index (χ1) is 16.2. The number of benzene rings is 2. The number of ether oxygens (including phenoxy) is 1. The van der Waals surface area contributed by atoms with Gasteiger partial charge in [-0.15, -0.1) is 0 Å². The molecule has 178 valence electrons. The zero-order valence-corrected chi connectivity index (χ0v) is 19.4. The number of nitrogens with one attached hydrogen (secondary N) is 2. The number of nitrogens with zero attached hydrogens (tertiary/aromatic N) is 3. The van der Waals surface area contributed by atoms with E-state index in [2.05, 4.69) is 20.2 Å². The molecule has 2 N–H and O–H groups in total. The lowest BCUT2D eigenvalue weighted by Gasteiger charge is -2.25. The van der Waals surface area contributed by atoms with Gasteiger partial charge in [-0.05, 0) is 42.8 Å². The van der Waals surface area contributed by atoms with Gasteiger partial charge in [0.15, 0.2) is 0 Å². The van der Waals surface area contributed by atoms with Crippen molar-refractivity contribution in [1.29, 1.82) is 0 Å². The van der Waals surface area contributed by atoms with Crippen molar-refractivity contribution in [2.24, 2.45) is 0 Å². The molecule has 0 atom stereocenters. The van der Waals surface area contributed by atoms with Crippen LogP contribution in [0.25, 0.3) is 11.4 Å². The Bertz CT molecular complexity index is 1310. The predicted molar refractivity (Wildman–Crippen MR) is 123 cm³/mol. The molecule has 1 saturated heterocycles. The van der Waals surface area contributed by atoms with Crippen LogP contribution in [0.5, 0.6) is 0 Å². The van der Waals surface area contributed by atoms with Crippen LogP contribution >= 0.6 is 0 Å². The first-order valence-electron chi connectivity index (χ1n) is 10.5. The standard InChI is InChI=1S/C22H23N5O6S/c1-14-3-4-16(20-24-21(33-25-20)22(29)27-9-11-32-12-10-27)13-19(14)34(30,31)26-18-7-5-17(6-8-18)23-15(2)28/h3-8,13,26H,9-12H2,1-2H3,(H,23,28). The number of aromatic nitrogens is 2. The van der Waals surface area contributed by atoms with E-state index in [0.29, 0.717) is 48.8 Å². The third-order valence-electron chi connectivity index (χ3n) is 5.10. The Labute approximate surface area is 196 Å². The van der Waals surface area contributed by atoms with Crippen molar-refractivity contribution in [3.63, 3.8) is 0 Å². The topological polar surface area (TPSA) is 144 Å². The quantitative estimate of drug-likeness (QED) is 0.541. The largest absolute Gasteiger partial charge is 0.378 e. The van der Waals surface area contributed by atoms with Crippen molar-refractivity contribution < 1.29 is 27.3 Å². The SMILES string of the molecule is CC(=O)Nc1ccc(NS(=O)(=O)c2cc(-c3noc(C(=O)N4CCOCC4)n3)ccc2C)cc1. The summed E-state index contributed by atoms with van der Waals surface area (Å²) >= 11 is 0. The molecule has 0 radical (unpaired) electrons. The lowest BCUT2D eigenvalue weighted by Crippen LogP contribution is -2.40. The molecule has 0 aliphatic carbocycles. The normalized spacial score (nSPS) is 14.0. The molecule has 2 aromatic carbocycles. The van der Waals surface area contributed by atoms with Gasteiger partial charge < -0.3 is 19.5 Å². The van der Waals surface area contributed by atoms with E-state index in [9.17, 15) is 18.0 Å². The number of hydrogen-bond donors (Lipinski definition) is 2. The maximum absolute atomic E-state index is 13.1. The number of aryl methyl sites for hydroxylation is 1. The highest BCUT2D eigenvalue weighted by Gasteiger charge is 2.25. The molecule has 1 aromatic heterocycles. The molecular formula is C22H23N5O6S. The van der Waals surface area contributed by atoms with E-state index in [1.165, 1.54) is 13.0 Å². The second-order valence-corrected chi connectivity index (χ2v) is 9.32. The van der Waals surface area contributed by atoms with E-state index < -0.39 is 15.9 Å². The average Bonchev–Trinajstić information content (AvgIpc) is 3.30. The first-order valence-corrected chi connectivity index (χ1v) is 11.9. The third-order valence-corrected chi connectivity index (χ3v) is 6.62. The van der Waals surface area contributed by atoms with E-state index in [1.807, 2.05) is 0 Å². The van der Waals surface area contributed by atoms with Crippen LogP contribution in [0.3, 0.4) is 0 Å². The smallest absolute Gasteiger partial charge is 0.316 e. The van der Waals surface area contributed by atoms with Crippen LogP contribution in [0.15, 0.2) is 51.9 Å². The molecule has 3 aromatic rings. The lowest BCUT2D eigenvalue weighted by molar-refractivity contribution is -0.114. The molecule has 1 fully saturated rings. The molecule has 11 nitrogen and oxygen atoms in total. The molecule has 0 bridgehead atoms. The van der Waals surface area contributed by atoms with E-state index in [0.717, 1.165) is 0 Å². The average molecular weight is 486 g/mol. The van der Waals surface area contributed by atoms with Crippen molar-refractivity contribution in [3.8, 4) is 11.4 Å². The minimum atomic E-state index is -3.95. The molecule has 1 aliphatic rings. The Kier molecular flexibility index (Phi) is 6.61. The molecule has 2 heterocycles. The summed E-state index contributed by atoms with van der Waals surface area (Å²) in [6.45, 7) is 4.80. The molecule has 12 heteroatoms. The number of carbonyl (C=O) groups excluding carboxylic acids is 2. The fourth-order valence-corrected chi connectivity index (χ4v) is 4.72. The summed E-state index contributed by atoms with van der Waals surface area (Å²) in [4.78, 5) is 29.5. The van der Waals surface area contributed by atoms with Crippen molar-refractivity contribution in [1.82, 2.24) is 15.0 Å². The summed E-state index contributed by atoms with van der Waals surface area (Å²) in [6.07, 6.45) is 0. The van der Waals surface area contributed by atoms with Crippen LogP contribution in [0, 0.1) is 6.92 Å². The van der Waals surface area contributed by atoms with Crippen LogP contribution in [0.4, 0.5) is 11.4 Å². The highest BCUT2D eigenvalue weighted by Crippen LogP contribution is 2.26. The Hall–Kier alpha value is -3.77. The van der Waals surface area contributed by atoms with Crippen molar-refractivity contribution in [2.75, 3.05) is 36.3 Å². The van der Waals surface area contributed by atoms with Crippen molar-refractivity contribution >= 4 is 33.2 Å². The van der Waals surface area contributed by atoms with Crippen LogP contribution in [0.1, 0.15) is 23.2 Å². The highest BCUT2D eigenvalue weighted by molar-refractivity contribution is 7.92. The monoisotopic (exact) mass is 485 g/mol. The van der Waals surface area contributed by atoms with Gasteiger partial charge in [0.25, 0.3) is 10.0 Å². The minimum Gasteiger partial charge on any atom is -0.378 e. The summed E-state index contributed by atoms with van der Waals surface area (Å²) in [5.74, 6) is -0.685.